The fourth-order valence-electron chi connectivity index (χ4n) is 4.19. The number of quaternary nitrogens is 1. The summed E-state index contributed by atoms with van der Waals surface area (Å²) in [5.74, 6) is -1.87. The van der Waals surface area contributed by atoms with Gasteiger partial charge >= 0.3 is 11.9 Å². The second-order valence-electron chi connectivity index (χ2n) is 11.7. The quantitative estimate of drug-likeness (QED) is 0.0357. The van der Waals surface area contributed by atoms with Gasteiger partial charge in [-0.2, -0.15) is 0 Å². The maximum Gasteiger partial charge on any atom is 0.306 e. The zero-order valence-electron chi connectivity index (χ0n) is 28.0. The van der Waals surface area contributed by atoms with Crippen molar-refractivity contribution >= 4 is 17.9 Å². The number of likely N-dealkylation sites (N-methyl/N-ethyl adjacent to an activating group) is 1. The molecule has 8 heteroatoms. The van der Waals surface area contributed by atoms with Gasteiger partial charge in [0.15, 0.2) is 6.10 Å². The highest BCUT2D eigenvalue weighted by Crippen LogP contribution is 2.11. The molecule has 0 aromatic carbocycles. The first-order valence-electron chi connectivity index (χ1n) is 16.3. The number of carboxylic acids is 1. The second kappa shape index (κ2) is 27.6. The average Bonchev–Trinajstić information content (AvgIpc) is 2.96. The lowest BCUT2D eigenvalue weighted by Crippen LogP contribution is -2.55. The summed E-state index contributed by atoms with van der Waals surface area (Å²) in [6.45, 7) is 4.24. The Hall–Kier alpha value is -2.97. The molecule has 44 heavy (non-hydrogen) atoms. The van der Waals surface area contributed by atoms with Crippen LogP contribution in [0.1, 0.15) is 97.3 Å². The molecule has 0 aromatic rings. The molecule has 2 unspecified atom stereocenters. The molecule has 0 aromatic heterocycles. The Morgan fingerprint density at radius 2 is 1.36 bits per heavy atom. The molecule has 0 bridgehead atoms. The lowest BCUT2D eigenvalue weighted by atomic mass is 10.1. The van der Waals surface area contributed by atoms with E-state index in [2.05, 4.69) is 50.3 Å². The number of allylic oxidation sites excluding steroid dienone is 10. The summed E-state index contributed by atoms with van der Waals surface area (Å²) in [5.41, 5.74) is 0. The monoisotopic (exact) mass is 617 g/mol. The Balaban J connectivity index is 4.53. The van der Waals surface area contributed by atoms with Gasteiger partial charge in [-0.25, -0.2) is 0 Å². The van der Waals surface area contributed by atoms with Gasteiger partial charge < -0.3 is 28.6 Å². The molecule has 0 radical (unpaired) electrons. The Morgan fingerprint density at radius 3 is 2.05 bits per heavy atom. The molecule has 0 rings (SSSR count). The largest absolute Gasteiger partial charge is 0.544 e. The number of hydrogen-bond donors (Lipinski definition) is 0. The molecule has 250 valence electrons. The molecule has 0 fully saturated rings. The summed E-state index contributed by atoms with van der Waals surface area (Å²) in [4.78, 5) is 36.3. The summed E-state index contributed by atoms with van der Waals surface area (Å²) in [6, 6.07) is -0.737. The fourth-order valence-corrected chi connectivity index (χ4v) is 4.19. The topological polar surface area (TPSA) is 102 Å². The predicted octanol–water partition coefficient (Wildman–Crippen LogP) is 6.17. The van der Waals surface area contributed by atoms with Crippen molar-refractivity contribution in [1.82, 2.24) is 0 Å². The van der Waals surface area contributed by atoms with E-state index in [0.717, 1.165) is 57.8 Å². The van der Waals surface area contributed by atoms with Gasteiger partial charge in [0, 0.05) is 19.3 Å². The number of carbonyl (C=O) groups is 3. The van der Waals surface area contributed by atoms with Crippen LogP contribution in [0.15, 0.2) is 60.8 Å². The molecule has 0 aliphatic rings. The van der Waals surface area contributed by atoms with Gasteiger partial charge in [-0.3, -0.25) is 9.59 Å². The summed E-state index contributed by atoms with van der Waals surface area (Å²) >= 11 is 0. The van der Waals surface area contributed by atoms with Crippen molar-refractivity contribution in [2.75, 3.05) is 41.0 Å². The van der Waals surface area contributed by atoms with Gasteiger partial charge in [-0.15, -0.1) is 0 Å². The number of nitrogens with zero attached hydrogens (tertiary/aromatic N) is 1. The Kier molecular flexibility index (Phi) is 25.7. The van der Waals surface area contributed by atoms with Crippen LogP contribution in [-0.2, 0) is 28.6 Å². The minimum atomic E-state index is -1.14. The summed E-state index contributed by atoms with van der Waals surface area (Å²) in [6.07, 6.45) is 30.1. The number of hydrogen-bond acceptors (Lipinski definition) is 7. The van der Waals surface area contributed by atoms with Crippen molar-refractivity contribution < 1.29 is 38.2 Å². The third-order valence-corrected chi connectivity index (χ3v) is 6.72. The number of rotatable bonds is 27. The minimum absolute atomic E-state index is 0.00720. The predicted molar refractivity (Wildman–Crippen MR) is 176 cm³/mol. The maximum absolute atomic E-state index is 12.4. The molecule has 0 saturated heterocycles. The first-order valence-corrected chi connectivity index (χ1v) is 16.3. The van der Waals surface area contributed by atoms with Crippen LogP contribution < -0.4 is 5.11 Å². The molecule has 0 heterocycles. The maximum atomic E-state index is 12.4. The standard InChI is InChI=1S/C36H59NO7/c1-6-8-10-12-14-15-16-17-18-19-21-22-24-26-34(38)43-31-32(30-42-29-28-33(36(40)41)37(3,4)5)44-35(39)27-25-23-20-13-11-9-7-2/h8-12,14-16,20,23,32-33H,6-7,13,17-19,21-22,24-31H2,1-5H3/b10-8+,11-9+,14-12+,16-15+,23-20+. The first kappa shape index (κ1) is 41.0. The van der Waals surface area contributed by atoms with Gasteiger partial charge in [0.05, 0.1) is 40.3 Å². The van der Waals surface area contributed by atoms with Gasteiger partial charge in [0.2, 0.25) is 0 Å². The number of carboxylic acid groups (broad SMARTS) is 1. The van der Waals surface area contributed by atoms with E-state index in [0.29, 0.717) is 12.8 Å². The zero-order valence-corrected chi connectivity index (χ0v) is 28.0. The molecule has 2 atom stereocenters. The van der Waals surface area contributed by atoms with Gasteiger partial charge in [-0.1, -0.05) is 93.9 Å². The average molecular weight is 618 g/mol. The fraction of sp³-hybridized carbons (Fsp3) is 0.639. The number of aliphatic carboxylic acids is 1. The van der Waals surface area contributed by atoms with Gasteiger partial charge in [0.25, 0.3) is 0 Å². The minimum Gasteiger partial charge on any atom is -0.544 e. The van der Waals surface area contributed by atoms with E-state index < -0.39 is 24.1 Å². The highest BCUT2D eigenvalue weighted by molar-refractivity contribution is 5.70. The van der Waals surface area contributed by atoms with E-state index in [9.17, 15) is 19.5 Å². The molecular formula is C36H59NO7. The second-order valence-corrected chi connectivity index (χ2v) is 11.7. The van der Waals surface area contributed by atoms with E-state index in [1.54, 1.807) is 21.1 Å². The van der Waals surface area contributed by atoms with Crippen molar-refractivity contribution in [1.29, 1.82) is 0 Å². The van der Waals surface area contributed by atoms with Crippen molar-refractivity contribution in [3.8, 4) is 0 Å². The summed E-state index contributed by atoms with van der Waals surface area (Å²) < 4.78 is 16.8. The first-order chi connectivity index (χ1) is 21.1. The Morgan fingerprint density at radius 1 is 0.705 bits per heavy atom. The lowest BCUT2D eigenvalue weighted by molar-refractivity contribution is -0.889. The van der Waals surface area contributed by atoms with Gasteiger partial charge in [0.1, 0.15) is 12.6 Å². The van der Waals surface area contributed by atoms with E-state index in [-0.39, 0.29) is 43.1 Å². The molecule has 8 nitrogen and oxygen atoms in total. The van der Waals surface area contributed by atoms with E-state index in [1.165, 1.54) is 0 Å². The number of unbranched alkanes of at least 4 members (excludes halogenated alkanes) is 5. The summed E-state index contributed by atoms with van der Waals surface area (Å²) in [7, 11) is 5.34. The smallest absolute Gasteiger partial charge is 0.306 e. The molecular weight excluding hydrogens is 558 g/mol. The third kappa shape index (κ3) is 25.5. The van der Waals surface area contributed by atoms with Crippen molar-refractivity contribution in [3.05, 3.63) is 60.8 Å². The number of ether oxygens (including phenoxy) is 3. The van der Waals surface area contributed by atoms with E-state index in [4.69, 9.17) is 14.2 Å². The molecule has 0 aliphatic heterocycles. The van der Waals surface area contributed by atoms with Crippen molar-refractivity contribution in [3.63, 3.8) is 0 Å². The summed E-state index contributed by atoms with van der Waals surface area (Å²) in [5, 5.41) is 11.5. The van der Waals surface area contributed by atoms with Crippen LogP contribution in [0.2, 0.25) is 0 Å². The van der Waals surface area contributed by atoms with Crippen LogP contribution in [0.4, 0.5) is 0 Å². The molecule has 0 amide bonds. The normalized spacial score (nSPS) is 13.9. The highest BCUT2D eigenvalue weighted by Gasteiger charge is 2.25. The number of carbonyl (C=O) groups excluding carboxylic acids is 3. The third-order valence-electron chi connectivity index (χ3n) is 6.72. The zero-order chi connectivity index (χ0) is 32.9. The SMILES string of the molecule is CC/C=C/C=C/C=C/CCCCCCCC(=O)OCC(COCCC(C(=O)[O-])[N+](C)(C)C)OC(=O)CC/C=C/C/C=C/CC. The van der Waals surface area contributed by atoms with Crippen LogP contribution in [0, 0.1) is 0 Å². The highest BCUT2D eigenvalue weighted by atomic mass is 16.6. The lowest BCUT2D eigenvalue weighted by Gasteiger charge is -2.34. The van der Waals surface area contributed by atoms with Crippen LogP contribution >= 0.6 is 0 Å². The van der Waals surface area contributed by atoms with Crippen LogP contribution in [0.3, 0.4) is 0 Å². The van der Waals surface area contributed by atoms with Crippen molar-refractivity contribution in [2.24, 2.45) is 0 Å². The van der Waals surface area contributed by atoms with Crippen LogP contribution in [0.5, 0.6) is 0 Å². The van der Waals surface area contributed by atoms with Crippen LogP contribution in [-0.4, -0.2) is 75.5 Å². The molecule has 0 N–H and O–H groups in total. The van der Waals surface area contributed by atoms with Crippen LogP contribution in [0.25, 0.3) is 0 Å². The van der Waals surface area contributed by atoms with Crippen molar-refractivity contribution in [2.45, 2.75) is 109 Å². The van der Waals surface area contributed by atoms with Gasteiger partial charge in [-0.05, 0) is 44.9 Å². The van der Waals surface area contributed by atoms with E-state index >= 15 is 0 Å². The molecule has 0 aliphatic carbocycles. The van der Waals surface area contributed by atoms with E-state index in [1.807, 2.05) is 24.3 Å². The Labute approximate surface area is 267 Å². The Bertz CT molecular complexity index is 912. The molecule has 0 saturated carbocycles. The molecule has 0 spiro atoms. The number of esters is 2.